The molecular weight excluding hydrogens is 1100 g/mol. The van der Waals surface area contributed by atoms with Crippen LogP contribution in [0.25, 0.3) is 0 Å². The lowest BCUT2D eigenvalue weighted by Gasteiger charge is -2.22. The van der Waals surface area contributed by atoms with Crippen LogP contribution in [0.2, 0.25) is 0 Å². The Morgan fingerprint density at radius 2 is 0.760 bits per heavy atom. The van der Waals surface area contributed by atoms with E-state index in [9.17, 15) is 13.2 Å². The van der Waals surface area contributed by atoms with Crippen molar-refractivity contribution in [3.8, 4) is 0 Å². The topological polar surface area (TPSA) is 103 Å². The fourth-order valence-corrected chi connectivity index (χ4v) is 14.5. The number of alkyl halides is 3. The number of hydrogen-bond acceptors (Lipinski definition) is 16. The number of aromatic nitrogens is 8. The molecule has 14 rings (SSSR count). The Kier molecular flexibility index (Phi) is 23.6. The van der Waals surface area contributed by atoms with E-state index in [0.717, 1.165) is 35.9 Å². The number of nitrogens with zero attached hydrogens (tertiary/aromatic N) is 8. The quantitative estimate of drug-likeness (QED) is 0.155. The summed E-state index contributed by atoms with van der Waals surface area (Å²) in [6.07, 6.45) is 36.6. The minimum atomic E-state index is -4.22. The second kappa shape index (κ2) is 29.7. The van der Waals surface area contributed by atoms with Crippen LogP contribution in [0.5, 0.6) is 0 Å². The summed E-state index contributed by atoms with van der Waals surface area (Å²) in [4.78, 5) is 9.62. The largest absolute Gasteiger partial charge is 0.427 e. The van der Waals surface area contributed by atoms with E-state index in [-0.39, 0.29) is 5.41 Å². The second-order valence-electron chi connectivity index (χ2n) is 21.3. The van der Waals surface area contributed by atoms with E-state index < -0.39 is 11.1 Å². The van der Waals surface area contributed by atoms with Crippen molar-refractivity contribution in [3.63, 3.8) is 0 Å². The van der Waals surface area contributed by atoms with Gasteiger partial charge in [0, 0.05) is 94.5 Å². The highest BCUT2D eigenvalue weighted by Crippen LogP contribution is 2.52. The predicted molar refractivity (Wildman–Crippen MR) is 314 cm³/mol. The third-order valence-corrected chi connectivity index (χ3v) is 22.1. The van der Waals surface area contributed by atoms with Crippen LogP contribution in [0.15, 0.2) is 98.1 Å². The monoisotopic (exact) mass is 1170 g/mol. The summed E-state index contributed by atoms with van der Waals surface area (Å²) >= 11 is 12.0. The summed E-state index contributed by atoms with van der Waals surface area (Å²) in [6.45, 7) is 11.2. The molecule has 0 saturated heterocycles. The molecule has 6 aliphatic rings. The summed E-state index contributed by atoms with van der Waals surface area (Å²) in [6, 6.07) is 16.0. The van der Waals surface area contributed by atoms with Crippen LogP contribution in [0.3, 0.4) is 0 Å². The lowest BCUT2D eigenvalue weighted by Crippen LogP contribution is -2.07. The molecule has 6 aliphatic carbocycles. The highest BCUT2D eigenvalue weighted by Gasteiger charge is 2.43. The first-order valence-corrected chi connectivity index (χ1v) is 32.8. The van der Waals surface area contributed by atoms with E-state index in [1.165, 1.54) is 156 Å². The van der Waals surface area contributed by atoms with Crippen LogP contribution in [0, 0.1) is 0 Å². The summed E-state index contributed by atoms with van der Waals surface area (Å²) in [5, 5.41) is 0. The molecule has 0 aliphatic heterocycles. The Morgan fingerprint density at radius 3 is 1.01 bits per heavy atom. The Hall–Kier alpha value is -3.17. The number of rotatable bonds is 7. The van der Waals surface area contributed by atoms with Gasteiger partial charge in [-0.2, -0.15) is 13.2 Å². The molecule has 19 heteroatoms. The summed E-state index contributed by atoms with van der Waals surface area (Å²) < 4.78 is 66.6. The van der Waals surface area contributed by atoms with Crippen molar-refractivity contribution in [2.75, 3.05) is 0 Å². The van der Waals surface area contributed by atoms with E-state index >= 15 is 0 Å². The second-order valence-corrected chi connectivity index (χ2v) is 28.1. The maximum absolute atomic E-state index is 11.6. The molecule has 0 amide bonds. The molecule has 8 aromatic rings. The molecule has 406 valence electrons. The molecule has 0 unspecified atom stereocenters. The van der Waals surface area contributed by atoms with E-state index in [1.807, 2.05) is 43.4 Å². The Bertz CT molecular complexity index is 2510. The van der Waals surface area contributed by atoms with Crippen molar-refractivity contribution in [3.05, 3.63) is 137 Å². The number of hydrogen-bond donors (Lipinski definition) is 0. The molecular formula is C56H73F3N8S8. The van der Waals surface area contributed by atoms with Gasteiger partial charge >= 0.3 is 6.18 Å². The zero-order chi connectivity index (χ0) is 53.0. The van der Waals surface area contributed by atoms with Gasteiger partial charge in [-0.25, -0.2) is 35.0 Å². The molecule has 0 bridgehead atoms. The van der Waals surface area contributed by atoms with Crippen LogP contribution >= 0.6 is 92.3 Å². The van der Waals surface area contributed by atoms with Gasteiger partial charge in [0.1, 0.15) is 4.88 Å². The third-order valence-electron chi connectivity index (χ3n) is 14.5. The van der Waals surface area contributed by atoms with Crippen molar-refractivity contribution in [2.45, 2.75) is 203 Å². The summed E-state index contributed by atoms with van der Waals surface area (Å²) in [5.41, 5.74) is 1.38. The lowest BCUT2D eigenvalue weighted by molar-refractivity contribution is -0.134. The fraction of sp³-hybridized carbons (Fsp3) is 0.571. The lowest BCUT2D eigenvalue weighted by atomic mass is 9.84. The molecule has 8 heterocycles. The van der Waals surface area contributed by atoms with E-state index in [0.29, 0.717) is 22.4 Å². The standard InChI is InChI=1S/C9H13NS.2C8H11NS.2C7H9NS.C7H11NS.C6H7NS.C4H2F3NS/c1-2-4-8(5-3-1)9-6-7-10-11-9;1-2-8(4-5-8)7-3-6-9-10-7;1-2-4-7(3-1)8-5-6-9-10-8;1-7(3-4-7)6-2-5-8-9-6;1-2-6(3-1)7-4-5-8-9-7;1-7(2,3)6-4-5-8-9-6;1-2-5(1)6-3-4-7-8-6;5-4(6,7)3-1-2-8-9-3/h6-8H,1-5H2;3,6H,2,4-5H2,1H3;5-7H,1-4H2;2,5H,3-4H2,1H3;4-6H,1-3H2;4-5H,1-3H3;3-5H,1-2H2;1-2H. The van der Waals surface area contributed by atoms with Gasteiger partial charge in [-0.05, 0) is 253 Å². The van der Waals surface area contributed by atoms with Crippen molar-refractivity contribution in [1.82, 2.24) is 35.0 Å². The van der Waals surface area contributed by atoms with Crippen molar-refractivity contribution >= 4 is 92.3 Å². The normalized spacial score (nSPS) is 18.3. The Labute approximate surface area is 476 Å². The first-order valence-electron chi connectivity index (χ1n) is 26.6. The zero-order valence-corrected chi connectivity index (χ0v) is 50.5. The highest BCUT2D eigenvalue weighted by molar-refractivity contribution is 7.07. The Morgan fingerprint density at radius 1 is 0.413 bits per heavy atom. The summed E-state index contributed by atoms with van der Waals surface area (Å²) in [5.74, 6) is 3.46. The van der Waals surface area contributed by atoms with Gasteiger partial charge in [-0.3, -0.25) is 0 Å². The fourth-order valence-electron chi connectivity index (χ4n) is 8.74. The molecule has 8 aromatic heterocycles. The SMILES string of the molecule is CC(C)(C)c1ccns1.CC1(c2ccns2)CC1.CCC1(c2ccns2)CC1.FC(F)(F)c1ccns1.c1cc(C2CC2)sn1.c1cc(C2CCC2)sn1.c1cc(C2CCCC2)sn1.c1cc(C2CCCCC2)sn1. The Balaban J connectivity index is 0.000000125. The van der Waals surface area contributed by atoms with Gasteiger partial charge in [0.25, 0.3) is 0 Å². The first-order chi connectivity index (χ1) is 36.3. The van der Waals surface area contributed by atoms with Gasteiger partial charge in [0.2, 0.25) is 0 Å². The molecule has 0 N–H and O–H groups in total. The average Bonchev–Trinajstić information content (AvgIpc) is 4.11. The van der Waals surface area contributed by atoms with Crippen molar-refractivity contribution in [2.24, 2.45) is 0 Å². The minimum absolute atomic E-state index is 0.279. The molecule has 6 fully saturated rings. The van der Waals surface area contributed by atoms with Gasteiger partial charge in [-0.15, -0.1) is 0 Å². The van der Waals surface area contributed by atoms with Crippen molar-refractivity contribution < 1.29 is 13.2 Å². The minimum Gasteiger partial charge on any atom is -0.201 e. The van der Waals surface area contributed by atoms with Gasteiger partial charge in [0.05, 0.1) is 0 Å². The van der Waals surface area contributed by atoms with Gasteiger partial charge in [0.15, 0.2) is 0 Å². The first kappa shape index (κ1) is 59.5. The molecule has 0 spiro atoms. The van der Waals surface area contributed by atoms with Crippen LogP contribution in [-0.4, -0.2) is 35.0 Å². The van der Waals surface area contributed by atoms with Crippen LogP contribution in [0.1, 0.15) is 219 Å². The molecule has 0 atom stereocenters. The maximum atomic E-state index is 11.6. The molecule has 8 nitrogen and oxygen atoms in total. The van der Waals surface area contributed by atoms with E-state index in [2.05, 4.69) is 112 Å². The highest BCUT2D eigenvalue weighted by atomic mass is 32.1. The molecule has 6 saturated carbocycles. The smallest absolute Gasteiger partial charge is 0.201 e. The zero-order valence-electron chi connectivity index (χ0n) is 44.0. The molecule has 0 aromatic carbocycles. The summed E-state index contributed by atoms with van der Waals surface area (Å²) in [7, 11) is 0. The maximum Gasteiger partial charge on any atom is 0.427 e. The average molecular weight is 1170 g/mol. The van der Waals surface area contributed by atoms with Crippen LogP contribution in [-0.2, 0) is 22.4 Å². The third kappa shape index (κ3) is 19.9. The van der Waals surface area contributed by atoms with E-state index in [1.54, 1.807) is 80.7 Å². The number of halogens is 3. The predicted octanol–water partition coefficient (Wildman–Crippen LogP) is 19.8. The van der Waals surface area contributed by atoms with E-state index in [4.69, 9.17) is 0 Å². The van der Waals surface area contributed by atoms with Crippen LogP contribution in [0.4, 0.5) is 13.2 Å². The molecule has 0 radical (unpaired) electrons. The van der Waals surface area contributed by atoms with Gasteiger partial charge in [-0.1, -0.05) is 73.1 Å². The van der Waals surface area contributed by atoms with Crippen LogP contribution < -0.4 is 0 Å². The van der Waals surface area contributed by atoms with Crippen molar-refractivity contribution in [1.29, 1.82) is 0 Å². The van der Waals surface area contributed by atoms with Gasteiger partial charge < -0.3 is 0 Å². The molecule has 75 heavy (non-hydrogen) atoms.